The molecular formula is C21H17F3N4O2S. The first-order valence-corrected chi connectivity index (χ1v) is 9.88. The number of aromatic nitrogens is 2. The van der Waals surface area contributed by atoms with Crippen molar-refractivity contribution in [2.45, 2.75) is 26.4 Å². The predicted octanol–water partition coefficient (Wildman–Crippen LogP) is 5.00. The molecule has 0 saturated carbocycles. The van der Waals surface area contributed by atoms with Crippen LogP contribution >= 0.6 is 11.3 Å². The van der Waals surface area contributed by atoms with Crippen LogP contribution in [-0.2, 0) is 12.6 Å². The summed E-state index contributed by atoms with van der Waals surface area (Å²) < 4.78 is 38.5. The first-order valence-electron chi connectivity index (χ1n) is 9.07. The Morgan fingerprint density at radius 1 is 1.06 bits per heavy atom. The second kappa shape index (κ2) is 9.17. The first-order chi connectivity index (χ1) is 14.6. The molecule has 0 saturated heterocycles. The smallest absolute Gasteiger partial charge is 0.294 e. The predicted molar refractivity (Wildman–Crippen MR) is 112 cm³/mol. The van der Waals surface area contributed by atoms with Gasteiger partial charge in [-0.05, 0) is 37.1 Å². The number of hydrogen-bond acceptors (Lipinski definition) is 7. The standard InChI is InChI=1S/C21H17F3N4O2S/c1-12(29)17-7-6-15(9-18(17)13(2)30)11-25-27-20-28-26-19(31-20)10-14-4-3-5-16(8-14)21(22,23)24/h3-9,11H,10H2,1-2H3,(H,27,28)/b25-11+. The summed E-state index contributed by atoms with van der Waals surface area (Å²) in [6.07, 6.45) is -2.73. The van der Waals surface area contributed by atoms with Gasteiger partial charge in [-0.15, -0.1) is 10.2 Å². The zero-order valence-electron chi connectivity index (χ0n) is 16.5. The van der Waals surface area contributed by atoms with Gasteiger partial charge in [-0.3, -0.25) is 15.0 Å². The maximum atomic E-state index is 12.8. The quantitative estimate of drug-likeness (QED) is 0.314. The van der Waals surface area contributed by atoms with E-state index in [2.05, 4.69) is 20.7 Å². The molecule has 160 valence electrons. The molecule has 10 heteroatoms. The number of alkyl halides is 3. The van der Waals surface area contributed by atoms with Gasteiger partial charge in [-0.1, -0.05) is 41.7 Å². The summed E-state index contributed by atoms with van der Waals surface area (Å²) >= 11 is 1.16. The summed E-state index contributed by atoms with van der Waals surface area (Å²) in [5.74, 6) is -0.425. The molecule has 6 nitrogen and oxygen atoms in total. The summed E-state index contributed by atoms with van der Waals surface area (Å²) in [6.45, 7) is 2.78. The molecule has 1 N–H and O–H groups in total. The van der Waals surface area contributed by atoms with Crippen LogP contribution in [-0.4, -0.2) is 28.0 Å². The van der Waals surface area contributed by atoms with Crippen LogP contribution in [0.5, 0.6) is 0 Å². The van der Waals surface area contributed by atoms with Gasteiger partial charge in [-0.25, -0.2) is 0 Å². The number of ketones is 2. The Bertz CT molecular complexity index is 1160. The van der Waals surface area contributed by atoms with E-state index in [0.29, 0.717) is 32.4 Å². The molecule has 0 spiro atoms. The lowest BCUT2D eigenvalue weighted by Gasteiger charge is -2.07. The largest absolute Gasteiger partial charge is 0.416 e. The Labute approximate surface area is 179 Å². The number of anilines is 1. The van der Waals surface area contributed by atoms with E-state index in [-0.39, 0.29) is 18.0 Å². The van der Waals surface area contributed by atoms with Gasteiger partial charge < -0.3 is 0 Å². The van der Waals surface area contributed by atoms with Crippen LogP contribution in [0, 0.1) is 0 Å². The topological polar surface area (TPSA) is 84.3 Å². The van der Waals surface area contributed by atoms with Crippen molar-refractivity contribution in [2.75, 3.05) is 5.43 Å². The molecule has 3 aromatic rings. The molecule has 0 fully saturated rings. The number of carbonyl (C=O) groups is 2. The molecule has 1 heterocycles. The highest BCUT2D eigenvalue weighted by Gasteiger charge is 2.30. The van der Waals surface area contributed by atoms with E-state index in [1.54, 1.807) is 24.3 Å². The van der Waals surface area contributed by atoms with Crippen molar-refractivity contribution in [2.24, 2.45) is 5.10 Å². The molecule has 3 rings (SSSR count). The van der Waals surface area contributed by atoms with Crippen LogP contribution in [0.1, 0.15) is 56.3 Å². The Kier molecular flexibility index (Phi) is 6.59. The Morgan fingerprint density at radius 3 is 2.48 bits per heavy atom. The molecular weight excluding hydrogens is 429 g/mol. The number of Topliss-reactive ketones (excluding diaryl/α,β-unsaturated/α-hetero) is 2. The highest BCUT2D eigenvalue weighted by Crippen LogP contribution is 2.30. The third kappa shape index (κ3) is 5.82. The van der Waals surface area contributed by atoms with E-state index in [9.17, 15) is 22.8 Å². The van der Waals surface area contributed by atoms with E-state index < -0.39 is 11.7 Å². The molecule has 0 aliphatic rings. The molecule has 1 aromatic heterocycles. The van der Waals surface area contributed by atoms with Crippen LogP contribution in [0.25, 0.3) is 0 Å². The van der Waals surface area contributed by atoms with Crippen molar-refractivity contribution in [1.29, 1.82) is 0 Å². The zero-order valence-corrected chi connectivity index (χ0v) is 17.3. The summed E-state index contributed by atoms with van der Waals surface area (Å²) in [6, 6.07) is 9.86. The van der Waals surface area contributed by atoms with Crippen LogP contribution in [0.15, 0.2) is 47.6 Å². The van der Waals surface area contributed by atoms with Gasteiger partial charge in [0.1, 0.15) is 5.01 Å². The summed E-state index contributed by atoms with van der Waals surface area (Å²) in [4.78, 5) is 23.4. The number of hydrogen-bond donors (Lipinski definition) is 1. The Morgan fingerprint density at radius 2 is 1.81 bits per heavy atom. The Hall–Kier alpha value is -3.40. The SMILES string of the molecule is CC(=O)c1ccc(/C=N/Nc2nnc(Cc3cccc(C(F)(F)F)c3)s2)cc1C(C)=O. The van der Waals surface area contributed by atoms with Crippen LogP contribution in [0.4, 0.5) is 18.3 Å². The minimum atomic E-state index is -4.40. The van der Waals surface area contributed by atoms with Crippen molar-refractivity contribution in [3.8, 4) is 0 Å². The maximum absolute atomic E-state index is 12.8. The van der Waals surface area contributed by atoms with Gasteiger partial charge in [0.15, 0.2) is 11.6 Å². The van der Waals surface area contributed by atoms with Crippen molar-refractivity contribution >= 4 is 34.2 Å². The zero-order chi connectivity index (χ0) is 22.6. The molecule has 0 atom stereocenters. The third-order valence-corrected chi connectivity index (χ3v) is 5.08. The molecule has 0 amide bonds. The molecule has 0 unspecified atom stereocenters. The van der Waals surface area contributed by atoms with Gasteiger partial charge in [-0.2, -0.15) is 18.3 Å². The molecule has 0 aliphatic carbocycles. The summed E-state index contributed by atoms with van der Waals surface area (Å²) in [5.41, 5.74) is 3.74. The molecule has 31 heavy (non-hydrogen) atoms. The lowest BCUT2D eigenvalue weighted by atomic mass is 9.99. The number of hydrazone groups is 1. The monoisotopic (exact) mass is 446 g/mol. The Balaban J connectivity index is 1.67. The molecule has 0 aliphatic heterocycles. The van der Waals surface area contributed by atoms with Crippen LogP contribution in [0.2, 0.25) is 0 Å². The highest BCUT2D eigenvalue weighted by molar-refractivity contribution is 7.15. The normalized spacial score (nSPS) is 11.6. The number of nitrogens with one attached hydrogen (secondary N) is 1. The average Bonchev–Trinajstić information content (AvgIpc) is 3.14. The van der Waals surface area contributed by atoms with Gasteiger partial charge in [0.25, 0.3) is 0 Å². The third-order valence-electron chi connectivity index (χ3n) is 4.25. The van der Waals surface area contributed by atoms with Crippen molar-refractivity contribution < 1.29 is 22.8 Å². The number of carbonyl (C=O) groups excluding carboxylic acids is 2. The molecule has 0 bridgehead atoms. The second-order valence-corrected chi connectivity index (χ2v) is 7.73. The first kappa shape index (κ1) is 22.3. The lowest BCUT2D eigenvalue weighted by Crippen LogP contribution is -2.05. The highest BCUT2D eigenvalue weighted by atomic mass is 32.1. The fraction of sp³-hybridized carbons (Fsp3) is 0.190. The van der Waals surface area contributed by atoms with Crippen molar-refractivity contribution in [3.05, 3.63) is 75.3 Å². The van der Waals surface area contributed by atoms with E-state index in [1.807, 2.05) is 0 Å². The summed E-state index contributed by atoms with van der Waals surface area (Å²) in [5, 5.41) is 12.8. The number of halogens is 3. The number of nitrogens with zero attached hydrogens (tertiary/aromatic N) is 3. The van der Waals surface area contributed by atoms with E-state index >= 15 is 0 Å². The van der Waals surface area contributed by atoms with E-state index in [1.165, 1.54) is 26.1 Å². The average molecular weight is 446 g/mol. The fourth-order valence-corrected chi connectivity index (χ4v) is 3.53. The van der Waals surface area contributed by atoms with E-state index in [4.69, 9.17) is 0 Å². The van der Waals surface area contributed by atoms with E-state index in [0.717, 1.165) is 23.5 Å². The number of rotatable bonds is 7. The van der Waals surface area contributed by atoms with Crippen molar-refractivity contribution in [3.63, 3.8) is 0 Å². The minimum absolute atomic E-state index is 0.200. The molecule has 2 aromatic carbocycles. The molecule has 0 radical (unpaired) electrons. The van der Waals surface area contributed by atoms with Gasteiger partial charge in [0.2, 0.25) is 5.13 Å². The van der Waals surface area contributed by atoms with Gasteiger partial charge in [0, 0.05) is 17.5 Å². The van der Waals surface area contributed by atoms with Gasteiger partial charge in [0.05, 0.1) is 11.8 Å². The summed E-state index contributed by atoms with van der Waals surface area (Å²) in [7, 11) is 0. The van der Waals surface area contributed by atoms with Crippen LogP contribution < -0.4 is 5.43 Å². The number of benzene rings is 2. The van der Waals surface area contributed by atoms with Crippen molar-refractivity contribution in [1.82, 2.24) is 10.2 Å². The minimum Gasteiger partial charge on any atom is -0.294 e. The van der Waals surface area contributed by atoms with Gasteiger partial charge >= 0.3 is 6.18 Å². The lowest BCUT2D eigenvalue weighted by molar-refractivity contribution is -0.137. The maximum Gasteiger partial charge on any atom is 0.416 e. The fourth-order valence-electron chi connectivity index (χ4n) is 2.80. The second-order valence-electron chi connectivity index (χ2n) is 6.66. The van der Waals surface area contributed by atoms with Crippen LogP contribution in [0.3, 0.4) is 0 Å².